The fraction of sp³-hybridized carbons (Fsp3) is 0.613. The topological polar surface area (TPSA) is 117 Å². The summed E-state index contributed by atoms with van der Waals surface area (Å²) in [4.78, 5) is 55.1. The summed E-state index contributed by atoms with van der Waals surface area (Å²) in [5.74, 6) is -0.914. The highest BCUT2D eigenvalue weighted by molar-refractivity contribution is 5.98. The van der Waals surface area contributed by atoms with Crippen LogP contribution in [-0.2, 0) is 19.1 Å². The lowest BCUT2D eigenvalue weighted by Gasteiger charge is -2.31. The first-order chi connectivity index (χ1) is 19.0. The van der Waals surface area contributed by atoms with Gasteiger partial charge in [0.15, 0.2) is 0 Å². The number of alkyl carbamates (subject to hydrolysis) is 1. The van der Waals surface area contributed by atoms with Crippen molar-refractivity contribution in [3.8, 4) is 0 Å². The summed E-state index contributed by atoms with van der Waals surface area (Å²) in [5, 5.41) is 8.93. The summed E-state index contributed by atoms with van der Waals surface area (Å²) in [6.45, 7) is 7.68. The highest BCUT2D eigenvalue weighted by Gasteiger charge is 2.60. The minimum Gasteiger partial charge on any atom is -0.444 e. The lowest BCUT2D eigenvalue weighted by Crippen LogP contribution is -2.58. The van der Waals surface area contributed by atoms with Crippen LogP contribution in [0.2, 0.25) is 0 Å². The van der Waals surface area contributed by atoms with Gasteiger partial charge in [-0.25, -0.2) is 4.79 Å². The van der Waals surface area contributed by atoms with Gasteiger partial charge in [-0.3, -0.25) is 14.4 Å². The number of nitrogens with one attached hydrogen (secondary N) is 3. The van der Waals surface area contributed by atoms with E-state index in [-0.39, 0.29) is 29.7 Å². The average Bonchev–Trinajstić information content (AvgIpc) is 3.36. The zero-order valence-corrected chi connectivity index (χ0v) is 24.2. The molecule has 3 aliphatic rings. The van der Waals surface area contributed by atoms with Crippen LogP contribution in [0.1, 0.15) is 90.7 Å². The van der Waals surface area contributed by atoms with Gasteiger partial charge in [-0.1, -0.05) is 55.3 Å². The van der Waals surface area contributed by atoms with E-state index in [1.807, 2.05) is 37.3 Å². The molecule has 4 rings (SSSR count). The predicted octanol–water partition coefficient (Wildman–Crippen LogP) is 4.14. The van der Waals surface area contributed by atoms with E-state index in [1.54, 1.807) is 25.7 Å². The molecule has 0 radical (unpaired) electrons. The molecule has 1 saturated heterocycles. The third-order valence-electron chi connectivity index (χ3n) is 7.97. The minimum atomic E-state index is -1.04. The first-order valence-electron chi connectivity index (χ1n) is 14.6. The quantitative estimate of drug-likeness (QED) is 0.486. The first kappa shape index (κ1) is 29.6. The van der Waals surface area contributed by atoms with Crippen LogP contribution in [0.15, 0.2) is 42.5 Å². The Labute approximate surface area is 237 Å². The minimum absolute atomic E-state index is 0.100. The van der Waals surface area contributed by atoms with Crippen LogP contribution in [0.3, 0.4) is 0 Å². The van der Waals surface area contributed by atoms with Gasteiger partial charge in [0.1, 0.15) is 23.2 Å². The van der Waals surface area contributed by atoms with Gasteiger partial charge in [-0.15, -0.1) is 0 Å². The van der Waals surface area contributed by atoms with Crippen molar-refractivity contribution < 1.29 is 23.9 Å². The van der Waals surface area contributed by atoms with Gasteiger partial charge in [0.05, 0.1) is 6.04 Å². The van der Waals surface area contributed by atoms with Crippen LogP contribution >= 0.6 is 0 Å². The van der Waals surface area contributed by atoms with E-state index in [9.17, 15) is 19.2 Å². The molecule has 1 aliphatic carbocycles. The number of amides is 4. The number of hydrogen-bond donors (Lipinski definition) is 3. The smallest absolute Gasteiger partial charge is 0.408 e. The van der Waals surface area contributed by atoms with Gasteiger partial charge in [-0.2, -0.15) is 0 Å². The van der Waals surface area contributed by atoms with Crippen molar-refractivity contribution in [2.75, 3.05) is 6.54 Å². The maximum absolute atomic E-state index is 13.7. The van der Waals surface area contributed by atoms with Crippen molar-refractivity contribution in [3.63, 3.8) is 0 Å². The summed E-state index contributed by atoms with van der Waals surface area (Å²) < 4.78 is 5.42. The number of carbonyl (C=O) groups is 4. The van der Waals surface area contributed by atoms with Gasteiger partial charge in [-0.05, 0) is 71.8 Å². The van der Waals surface area contributed by atoms with E-state index in [4.69, 9.17) is 4.74 Å². The van der Waals surface area contributed by atoms with Crippen LogP contribution in [0.25, 0.3) is 0 Å². The van der Waals surface area contributed by atoms with Gasteiger partial charge >= 0.3 is 6.09 Å². The molecule has 3 N–H and O–H groups in total. The standard InChI is InChI=1S/C31H44N4O5/c1-21(22-14-9-8-10-15-22)32-28(38)31-20-23(31)16-11-6-5-7-12-17-24(33-29(39)40-30(2,3)4)27(37)35-19-13-18-25(35)26(36)34-31/h8-11,14-16,21,23-25H,5-7,12-13,17-20H2,1-4H3,(H,32,38)(H,33,39)(H,34,36)/b16-11-/t21-,23+,24-,25-,31+/m0/s1. The zero-order chi connectivity index (χ0) is 28.9. The monoisotopic (exact) mass is 552 g/mol. The van der Waals surface area contributed by atoms with Crippen LogP contribution in [0.5, 0.6) is 0 Å². The molecule has 9 heteroatoms. The predicted molar refractivity (Wildman–Crippen MR) is 152 cm³/mol. The van der Waals surface area contributed by atoms with E-state index in [2.05, 4.69) is 28.1 Å². The largest absolute Gasteiger partial charge is 0.444 e. The second kappa shape index (κ2) is 12.4. The molecular formula is C31H44N4O5. The van der Waals surface area contributed by atoms with E-state index >= 15 is 0 Å². The van der Waals surface area contributed by atoms with Gasteiger partial charge in [0.25, 0.3) is 0 Å². The van der Waals surface area contributed by atoms with Crippen molar-refractivity contribution in [2.24, 2.45) is 5.92 Å². The Bertz CT molecular complexity index is 1110. The highest BCUT2D eigenvalue weighted by atomic mass is 16.6. The summed E-state index contributed by atoms with van der Waals surface area (Å²) in [6.07, 6.45) is 9.11. The molecule has 0 unspecified atom stereocenters. The molecule has 5 atom stereocenters. The second-order valence-electron chi connectivity index (χ2n) is 12.3. The number of hydrogen-bond acceptors (Lipinski definition) is 5. The zero-order valence-electron chi connectivity index (χ0n) is 24.2. The van der Waals surface area contributed by atoms with Gasteiger partial charge < -0.3 is 25.6 Å². The Morgan fingerprint density at radius 2 is 1.82 bits per heavy atom. The third-order valence-corrected chi connectivity index (χ3v) is 7.97. The number of fused-ring (bicyclic) bond motifs is 2. The lowest BCUT2D eigenvalue weighted by atomic mass is 10.0. The number of nitrogens with zero attached hydrogens (tertiary/aromatic N) is 1. The van der Waals surface area contributed by atoms with Crippen molar-refractivity contribution >= 4 is 23.8 Å². The Hall–Kier alpha value is -3.36. The number of benzene rings is 1. The normalized spacial score (nSPS) is 29.0. The number of allylic oxidation sites excluding steroid dienone is 1. The Morgan fingerprint density at radius 1 is 1.07 bits per heavy atom. The van der Waals surface area contributed by atoms with Gasteiger partial charge in [0.2, 0.25) is 17.7 Å². The Balaban J connectivity index is 1.53. The molecule has 40 heavy (non-hydrogen) atoms. The lowest BCUT2D eigenvalue weighted by molar-refractivity contribution is -0.141. The van der Waals surface area contributed by atoms with E-state index in [1.165, 1.54) is 0 Å². The molecule has 2 aliphatic heterocycles. The fourth-order valence-corrected chi connectivity index (χ4v) is 5.69. The summed E-state index contributed by atoms with van der Waals surface area (Å²) in [7, 11) is 0. The maximum Gasteiger partial charge on any atom is 0.408 e. The Kier molecular flexibility index (Phi) is 9.21. The first-order valence-corrected chi connectivity index (χ1v) is 14.6. The molecule has 0 spiro atoms. The Morgan fingerprint density at radius 3 is 2.55 bits per heavy atom. The molecule has 1 saturated carbocycles. The van der Waals surface area contributed by atoms with Crippen molar-refractivity contribution in [1.82, 2.24) is 20.9 Å². The van der Waals surface area contributed by atoms with E-state index in [0.717, 1.165) is 31.2 Å². The van der Waals surface area contributed by atoms with Crippen LogP contribution in [-0.4, -0.2) is 58.5 Å². The molecule has 218 valence electrons. The van der Waals surface area contributed by atoms with Crippen LogP contribution in [0, 0.1) is 5.92 Å². The number of carbonyl (C=O) groups excluding carboxylic acids is 4. The van der Waals surface area contributed by atoms with Crippen molar-refractivity contribution in [3.05, 3.63) is 48.0 Å². The van der Waals surface area contributed by atoms with E-state index < -0.39 is 29.3 Å². The van der Waals surface area contributed by atoms with Crippen LogP contribution in [0.4, 0.5) is 4.79 Å². The van der Waals surface area contributed by atoms with Crippen molar-refractivity contribution in [1.29, 1.82) is 0 Å². The summed E-state index contributed by atoms with van der Waals surface area (Å²) in [5.41, 5.74) is -0.745. The molecule has 0 bridgehead atoms. The molecule has 0 aromatic heterocycles. The number of rotatable bonds is 4. The SMILES string of the molecule is C[C@H](NC(=O)[C@@]12C[C@H]1/C=C\CCCCC[C@H](NC(=O)OC(C)(C)C)C(=O)N1CCC[C@H]1C(=O)N2)c1ccccc1. The molecule has 1 aromatic rings. The average molecular weight is 553 g/mol. The molecule has 2 heterocycles. The fourth-order valence-electron chi connectivity index (χ4n) is 5.69. The molecule has 4 amide bonds. The van der Waals surface area contributed by atoms with Gasteiger partial charge in [0, 0.05) is 12.5 Å². The number of ether oxygens (including phenoxy) is 1. The molecule has 1 aromatic carbocycles. The molecule has 9 nitrogen and oxygen atoms in total. The van der Waals surface area contributed by atoms with Crippen LogP contribution < -0.4 is 16.0 Å². The molecular weight excluding hydrogens is 508 g/mol. The summed E-state index contributed by atoms with van der Waals surface area (Å²) >= 11 is 0. The molecule has 2 fully saturated rings. The van der Waals surface area contributed by atoms with Crippen molar-refractivity contribution in [2.45, 2.75) is 108 Å². The third kappa shape index (κ3) is 7.23. The van der Waals surface area contributed by atoms with E-state index in [0.29, 0.717) is 32.2 Å². The highest BCUT2D eigenvalue weighted by Crippen LogP contribution is 2.46. The summed E-state index contributed by atoms with van der Waals surface area (Å²) in [6, 6.07) is 8.04. The second-order valence-corrected chi connectivity index (χ2v) is 12.3. The maximum atomic E-state index is 13.7.